The first-order valence-electron chi connectivity index (χ1n) is 6.66. The molecule has 122 valence electrons. The molecule has 0 saturated heterocycles. The molecular formula is C14H9Cl3N6O. The Morgan fingerprint density at radius 1 is 1.25 bits per heavy atom. The predicted octanol–water partition coefficient (Wildman–Crippen LogP) is 2.95. The number of hydrogen-bond donors (Lipinski definition) is 1. The fraction of sp³-hybridized carbons (Fsp3) is 0.0714. The minimum Gasteiger partial charge on any atom is -0.348 e. The van der Waals surface area contributed by atoms with Gasteiger partial charge in [-0.2, -0.15) is 0 Å². The Balaban J connectivity index is 1.85. The van der Waals surface area contributed by atoms with Gasteiger partial charge in [-0.3, -0.25) is 4.79 Å². The van der Waals surface area contributed by atoms with Crippen molar-refractivity contribution in [3.8, 4) is 5.69 Å². The van der Waals surface area contributed by atoms with Crippen LogP contribution in [-0.2, 0) is 6.54 Å². The molecule has 1 amide bonds. The fourth-order valence-corrected chi connectivity index (χ4v) is 2.64. The van der Waals surface area contributed by atoms with Gasteiger partial charge < -0.3 is 5.32 Å². The van der Waals surface area contributed by atoms with Crippen molar-refractivity contribution in [1.29, 1.82) is 0 Å². The summed E-state index contributed by atoms with van der Waals surface area (Å²) >= 11 is 18.0. The van der Waals surface area contributed by atoms with Crippen molar-refractivity contribution in [2.45, 2.75) is 6.54 Å². The third-order valence-electron chi connectivity index (χ3n) is 3.17. The van der Waals surface area contributed by atoms with Gasteiger partial charge in [0.2, 0.25) is 0 Å². The number of amides is 1. The Bertz CT molecular complexity index is 884. The second kappa shape index (κ2) is 7.12. The van der Waals surface area contributed by atoms with Crippen LogP contribution in [0.4, 0.5) is 0 Å². The molecule has 2 aromatic heterocycles. The van der Waals surface area contributed by atoms with Crippen LogP contribution in [0.15, 0.2) is 36.8 Å². The van der Waals surface area contributed by atoms with E-state index < -0.39 is 5.91 Å². The van der Waals surface area contributed by atoms with Crippen LogP contribution >= 0.6 is 34.8 Å². The summed E-state index contributed by atoms with van der Waals surface area (Å²) in [6, 6.07) is 6.71. The summed E-state index contributed by atoms with van der Waals surface area (Å²) in [4.78, 5) is 16.2. The molecule has 0 unspecified atom stereocenters. The SMILES string of the molecule is O=C(NCc1c(Cl)cccc1-n1cnnn1)c1cc(Cl)cnc1Cl. The van der Waals surface area contributed by atoms with Gasteiger partial charge in [-0.1, -0.05) is 40.9 Å². The molecule has 0 aliphatic carbocycles. The van der Waals surface area contributed by atoms with E-state index in [1.165, 1.54) is 23.3 Å². The summed E-state index contributed by atoms with van der Waals surface area (Å²) in [6.45, 7) is 0.149. The highest BCUT2D eigenvalue weighted by atomic mass is 35.5. The van der Waals surface area contributed by atoms with E-state index in [0.29, 0.717) is 21.3 Å². The quantitative estimate of drug-likeness (QED) is 0.700. The second-order valence-electron chi connectivity index (χ2n) is 4.67. The topological polar surface area (TPSA) is 85.6 Å². The number of halogens is 3. The number of carbonyl (C=O) groups is 1. The van der Waals surface area contributed by atoms with Gasteiger partial charge in [0.05, 0.1) is 16.3 Å². The Morgan fingerprint density at radius 2 is 2.08 bits per heavy atom. The van der Waals surface area contributed by atoms with E-state index >= 15 is 0 Å². The number of pyridine rings is 1. The van der Waals surface area contributed by atoms with Gasteiger partial charge in [0.25, 0.3) is 5.91 Å². The molecule has 3 aromatic rings. The molecule has 0 aliphatic heterocycles. The maximum Gasteiger partial charge on any atom is 0.254 e. The highest BCUT2D eigenvalue weighted by Gasteiger charge is 2.15. The van der Waals surface area contributed by atoms with Crippen LogP contribution in [0.3, 0.4) is 0 Å². The number of rotatable bonds is 4. The van der Waals surface area contributed by atoms with Gasteiger partial charge in [0.1, 0.15) is 11.5 Å². The fourth-order valence-electron chi connectivity index (χ4n) is 2.05. The van der Waals surface area contributed by atoms with Gasteiger partial charge in [-0.15, -0.1) is 5.10 Å². The Morgan fingerprint density at radius 3 is 2.83 bits per heavy atom. The molecule has 1 N–H and O–H groups in total. The third kappa shape index (κ3) is 3.48. The maximum atomic E-state index is 12.3. The lowest BCUT2D eigenvalue weighted by molar-refractivity contribution is 0.0950. The molecule has 0 saturated carbocycles. The van der Waals surface area contributed by atoms with Crippen LogP contribution in [0, 0.1) is 0 Å². The summed E-state index contributed by atoms with van der Waals surface area (Å²) in [6.07, 6.45) is 2.80. The molecule has 0 aliphatic rings. The summed E-state index contributed by atoms with van der Waals surface area (Å²) in [5.41, 5.74) is 1.49. The number of carbonyl (C=O) groups excluding carboxylic acids is 1. The molecule has 3 rings (SSSR count). The number of aromatic nitrogens is 5. The number of benzene rings is 1. The first kappa shape index (κ1) is 16.6. The van der Waals surface area contributed by atoms with Crippen molar-refractivity contribution in [2.24, 2.45) is 0 Å². The average Bonchev–Trinajstić information content (AvgIpc) is 3.10. The van der Waals surface area contributed by atoms with Crippen molar-refractivity contribution in [3.63, 3.8) is 0 Å². The lowest BCUT2D eigenvalue weighted by Gasteiger charge is -2.12. The van der Waals surface area contributed by atoms with E-state index in [4.69, 9.17) is 34.8 Å². The van der Waals surface area contributed by atoms with Crippen LogP contribution in [-0.4, -0.2) is 31.1 Å². The summed E-state index contributed by atoms with van der Waals surface area (Å²) in [5, 5.41) is 14.6. The molecule has 0 radical (unpaired) electrons. The molecule has 1 aromatic carbocycles. The molecule has 0 fully saturated rings. The summed E-state index contributed by atoms with van der Waals surface area (Å²) in [7, 11) is 0. The third-order valence-corrected chi connectivity index (χ3v) is 4.03. The first-order valence-corrected chi connectivity index (χ1v) is 7.79. The zero-order chi connectivity index (χ0) is 17.1. The monoisotopic (exact) mass is 382 g/mol. The maximum absolute atomic E-state index is 12.3. The van der Waals surface area contributed by atoms with Crippen molar-refractivity contribution < 1.29 is 4.79 Å². The smallest absolute Gasteiger partial charge is 0.254 e. The van der Waals surface area contributed by atoms with Gasteiger partial charge in [0, 0.05) is 23.3 Å². The van der Waals surface area contributed by atoms with Crippen LogP contribution in [0.1, 0.15) is 15.9 Å². The molecule has 0 spiro atoms. The molecular weight excluding hydrogens is 375 g/mol. The second-order valence-corrected chi connectivity index (χ2v) is 5.87. The van der Waals surface area contributed by atoms with Crippen molar-refractivity contribution in [1.82, 2.24) is 30.5 Å². The highest BCUT2D eigenvalue weighted by Crippen LogP contribution is 2.23. The minimum absolute atomic E-state index is 0.0664. The number of tetrazole rings is 1. The average molecular weight is 384 g/mol. The van der Waals surface area contributed by atoms with Crippen LogP contribution in [0.5, 0.6) is 0 Å². The van der Waals surface area contributed by atoms with Gasteiger partial charge in [-0.05, 0) is 28.6 Å². The molecule has 2 heterocycles. The number of hydrogen-bond acceptors (Lipinski definition) is 5. The van der Waals surface area contributed by atoms with Crippen LogP contribution in [0.2, 0.25) is 15.2 Å². The Labute approximate surface area is 151 Å². The predicted molar refractivity (Wildman–Crippen MR) is 89.6 cm³/mol. The molecule has 7 nitrogen and oxygen atoms in total. The summed E-state index contributed by atoms with van der Waals surface area (Å²) in [5.74, 6) is -0.419. The first-order chi connectivity index (χ1) is 11.6. The van der Waals surface area contributed by atoms with Gasteiger partial charge >= 0.3 is 0 Å². The van der Waals surface area contributed by atoms with Crippen molar-refractivity contribution >= 4 is 40.7 Å². The highest BCUT2D eigenvalue weighted by molar-refractivity contribution is 6.34. The van der Waals surface area contributed by atoms with E-state index in [9.17, 15) is 4.79 Å². The Kier molecular flexibility index (Phi) is 4.94. The zero-order valence-electron chi connectivity index (χ0n) is 11.9. The molecule has 0 bridgehead atoms. The van der Waals surface area contributed by atoms with Gasteiger partial charge in [0.15, 0.2) is 0 Å². The lowest BCUT2D eigenvalue weighted by Crippen LogP contribution is -2.24. The summed E-state index contributed by atoms with van der Waals surface area (Å²) < 4.78 is 1.46. The van der Waals surface area contributed by atoms with Crippen LogP contribution < -0.4 is 5.32 Å². The van der Waals surface area contributed by atoms with E-state index in [1.54, 1.807) is 18.2 Å². The van der Waals surface area contributed by atoms with Crippen LogP contribution in [0.25, 0.3) is 5.69 Å². The number of nitrogens with zero attached hydrogens (tertiary/aromatic N) is 5. The van der Waals surface area contributed by atoms with E-state index in [0.717, 1.165) is 0 Å². The van der Waals surface area contributed by atoms with E-state index in [1.807, 2.05) is 0 Å². The van der Waals surface area contributed by atoms with Gasteiger partial charge in [-0.25, -0.2) is 9.67 Å². The lowest BCUT2D eigenvalue weighted by atomic mass is 10.1. The molecule has 10 heteroatoms. The largest absolute Gasteiger partial charge is 0.348 e. The Hall–Kier alpha value is -2.22. The van der Waals surface area contributed by atoms with Crippen molar-refractivity contribution in [3.05, 3.63) is 63.1 Å². The minimum atomic E-state index is -0.419. The zero-order valence-corrected chi connectivity index (χ0v) is 14.2. The van der Waals surface area contributed by atoms with E-state index in [-0.39, 0.29) is 17.3 Å². The van der Waals surface area contributed by atoms with E-state index in [2.05, 4.69) is 25.8 Å². The normalized spacial score (nSPS) is 10.6. The molecule has 24 heavy (non-hydrogen) atoms. The standard InChI is InChI=1S/C14H9Cl3N6O/c15-8-4-9(13(17)18-5-8)14(24)19-6-10-11(16)2-1-3-12(10)23-7-20-21-22-23/h1-5,7H,6H2,(H,19,24). The number of nitrogens with one attached hydrogen (secondary N) is 1. The molecule has 0 atom stereocenters. The van der Waals surface area contributed by atoms with Crippen molar-refractivity contribution in [2.75, 3.05) is 0 Å².